The van der Waals surface area contributed by atoms with Crippen LogP contribution in [0.4, 0.5) is 15.8 Å². The molecule has 0 aromatic heterocycles. The standard InChI is InChI=1S/C15H17FN2O/c1-18(14-6-4-3-5-13(14)17)10-11-7-8-15(19-2)12(16)9-11/h3-9H,10,17H2,1-2H3. The molecule has 0 aliphatic rings. The Balaban J connectivity index is 2.17. The van der Waals surface area contributed by atoms with Crippen LogP contribution < -0.4 is 15.4 Å². The predicted molar refractivity (Wildman–Crippen MR) is 75.9 cm³/mol. The van der Waals surface area contributed by atoms with Crippen molar-refractivity contribution in [1.29, 1.82) is 0 Å². The van der Waals surface area contributed by atoms with E-state index in [2.05, 4.69) is 0 Å². The van der Waals surface area contributed by atoms with Gasteiger partial charge in [-0.1, -0.05) is 18.2 Å². The number of nitrogens with zero attached hydrogens (tertiary/aromatic N) is 1. The van der Waals surface area contributed by atoms with Crippen LogP contribution in [-0.4, -0.2) is 14.2 Å². The normalized spacial score (nSPS) is 10.3. The molecule has 0 fully saturated rings. The number of para-hydroxylation sites is 2. The van der Waals surface area contributed by atoms with E-state index in [-0.39, 0.29) is 11.6 Å². The second-order valence-corrected chi connectivity index (χ2v) is 4.38. The molecule has 0 saturated heterocycles. The van der Waals surface area contributed by atoms with Gasteiger partial charge in [0.1, 0.15) is 0 Å². The van der Waals surface area contributed by atoms with Gasteiger partial charge >= 0.3 is 0 Å². The second kappa shape index (κ2) is 5.61. The molecule has 2 N–H and O–H groups in total. The van der Waals surface area contributed by atoms with E-state index in [0.29, 0.717) is 12.2 Å². The number of hydrogen-bond donors (Lipinski definition) is 1. The molecular formula is C15H17FN2O. The van der Waals surface area contributed by atoms with Crippen molar-refractivity contribution < 1.29 is 9.13 Å². The summed E-state index contributed by atoms with van der Waals surface area (Å²) in [6.45, 7) is 0.578. The second-order valence-electron chi connectivity index (χ2n) is 4.38. The van der Waals surface area contributed by atoms with Gasteiger partial charge in [0.2, 0.25) is 0 Å². The molecule has 0 spiro atoms. The Labute approximate surface area is 112 Å². The van der Waals surface area contributed by atoms with Crippen LogP contribution in [0, 0.1) is 5.82 Å². The Morgan fingerprint density at radius 1 is 1.21 bits per heavy atom. The highest BCUT2D eigenvalue weighted by molar-refractivity contribution is 5.66. The fraction of sp³-hybridized carbons (Fsp3) is 0.200. The molecule has 0 unspecified atom stereocenters. The van der Waals surface area contributed by atoms with Crippen molar-refractivity contribution in [3.63, 3.8) is 0 Å². The maximum Gasteiger partial charge on any atom is 0.165 e. The Hall–Kier alpha value is -2.23. The van der Waals surface area contributed by atoms with E-state index in [1.165, 1.54) is 13.2 Å². The van der Waals surface area contributed by atoms with Crippen molar-refractivity contribution in [2.75, 3.05) is 24.8 Å². The lowest BCUT2D eigenvalue weighted by molar-refractivity contribution is 0.386. The summed E-state index contributed by atoms with van der Waals surface area (Å²) < 4.78 is 18.5. The van der Waals surface area contributed by atoms with Gasteiger partial charge in [-0.15, -0.1) is 0 Å². The van der Waals surface area contributed by atoms with Gasteiger partial charge in [0, 0.05) is 13.6 Å². The first-order valence-corrected chi connectivity index (χ1v) is 6.00. The number of methoxy groups -OCH3 is 1. The molecule has 0 bridgehead atoms. The van der Waals surface area contributed by atoms with Crippen molar-refractivity contribution in [2.45, 2.75) is 6.54 Å². The topological polar surface area (TPSA) is 38.5 Å². The van der Waals surface area contributed by atoms with E-state index in [9.17, 15) is 4.39 Å². The number of nitrogens with two attached hydrogens (primary N) is 1. The molecule has 2 aromatic rings. The SMILES string of the molecule is COc1ccc(CN(C)c2ccccc2N)cc1F. The molecule has 4 heteroatoms. The van der Waals surface area contributed by atoms with Crippen LogP contribution in [0.25, 0.3) is 0 Å². The van der Waals surface area contributed by atoms with E-state index in [4.69, 9.17) is 10.5 Å². The fourth-order valence-electron chi connectivity index (χ4n) is 2.00. The number of anilines is 2. The first-order valence-electron chi connectivity index (χ1n) is 6.00. The van der Waals surface area contributed by atoms with E-state index >= 15 is 0 Å². The molecule has 0 atom stereocenters. The Morgan fingerprint density at radius 3 is 2.58 bits per heavy atom. The molecule has 0 radical (unpaired) electrons. The Morgan fingerprint density at radius 2 is 1.95 bits per heavy atom. The summed E-state index contributed by atoms with van der Waals surface area (Å²) in [7, 11) is 3.38. The predicted octanol–water partition coefficient (Wildman–Crippen LogP) is 3.05. The van der Waals surface area contributed by atoms with Gasteiger partial charge in [0.25, 0.3) is 0 Å². The summed E-state index contributed by atoms with van der Waals surface area (Å²) in [5.74, 6) is -0.0972. The van der Waals surface area contributed by atoms with Gasteiger partial charge in [0.05, 0.1) is 18.5 Å². The van der Waals surface area contributed by atoms with Crippen LogP contribution in [0.15, 0.2) is 42.5 Å². The zero-order valence-electron chi connectivity index (χ0n) is 11.1. The van der Waals surface area contributed by atoms with Crippen LogP contribution in [0.1, 0.15) is 5.56 Å². The van der Waals surface area contributed by atoms with Crippen LogP contribution in [-0.2, 0) is 6.54 Å². The summed E-state index contributed by atoms with van der Waals surface area (Å²) >= 11 is 0. The number of nitrogen functional groups attached to an aromatic ring is 1. The molecule has 19 heavy (non-hydrogen) atoms. The van der Waals surface area contributed by atoms with Crippen LogP contribution in [0.5, 0.6) is 5.75 Å². The van der Waals surface area contributed by atoms with E-state index < -0.39 is 0 Å². The third-order valence-corrected chi connectivity index (χ3v) is 2.98. The minimum absolute atomic E-state index is 0.255. The summed E-state index contributed by atoms with van der Waals surface area (Å²) in [4.78, 5) is 1.98. The molecule has 0 amide bonds. The minimum Gasteiger partial charge on any atom is -0.494 e. The molecule has 2 rings (SSSR count). The van der Waals surface area contributed by atoms with Crippen molar-refractivity contribution in [3.05, 3.63) is 53.8 Å². The molecule has 2 aromatic carbocycles. The summed E-state index contributed by atoms with van der Waals surface area (Å²) in [5, 5.41) is 0. The van der Waals surface area contributed by atoms with E-state index in [1.54, 1.807) is 6.07 Å². The van der Waals surface area contributed by atoms with Gasteiger partial charge in [-0.25, -0.2) is 4.39 Å². The molecule has 0 heterocycles. The van der Waals surface area contributed by atoms with Gasteiger partial charge < -0.3 is 15.4 Å². The summed E-state index contributed by atoms with van der Waals surface area (Å²) in [6.07, 6.45) is 0. The number of benzene rings is 2. The van der Waals surface area contributed by atoms with Gasteiger partial charge in [-0.05, 0) is 29.8 Å². The quantitative estimate of drug-likeness (QED) is 0.859. The lowest BCUT2D eigenvalue weighted by atomic mass is 10.1. The third kappa shape index (κ3) is 2.96. The number of ether oxygens (including phenoxy) is 1. The highest BCUT2D eigenvalue weighted by Crippen LogP contribution is 2.24. The molecule has 0 aliphatic heterocycles. The smallest absolute Gasteiger partial charge is 0.165 e. The minimum atomic E-state index is -0.352. The van der Waals surface area contributed by atoms with Gasteiger partial charge in [-0.3, -0.25) is 0 Å². The highest BCUT2D eigenvalue weighted by atomic mass is 19.1. The zero-order valence-corrected chi connectivity index (χ0v) is 11.1. The third-order valence-electron chi connectivity index (χ3n) is 2.98. The van der Waals surface area contributed by atoms with Gasteiger partial charge in [0.15, 0.2) is 11.6 Å². The van der Waals surface area contributed by atoms with Crippen molar-refractivity contribution in [3.8, 4) is 5.75 Å². The summed E-state index contributed by atoms with van der Waals surface area (Å²) in [6, 6.07) is 12.6. The zero-order chi connectivity index (χ0) is 13.8. The average Bonchev–Trinajstić information content (AvgIpc) is 2.39. The Bertz CT molecular complexity index is 572. The maximum absolute atomic E-state index is 13.6. The first kappa shape index (κ1) is 13.2. The Kier molecular flexibility index (Phi) is 3.90. The molecule has 0 saturated carbocycles. The van der Waals surface area contributed by atoms with Crippen molar-refractivity contribution in [1.82, 2.24) is 0 Å². The van der Waals surface area contributed by atoms with Crippen LogP contribution >= 0.6 is 0 Å². The number of halogens is 1. The van der Waals surface area contributed by atoms with Crippen LogP contribution in [0.3, 0.4) is 0 Å². The fourth-order valence-corrected chi connectivity index (χ4v) is 2.00. The largest absolute Gasteiger partial charge is 0.494 e. The monoisotopic (exact) mass is 260 g/mol. The maximum atomic E-state index is 13.6. The van der Waals surface area contributed by atoms with E-state index in [0.717, 1.165) is 11.3 Å². The molecule has 0 aliphatic carbocycles. The molecule has 3 nitrogen and oxygen atoms in total. The van der Waals surface area contributed by atoms with E-state index in [1.807, 2.05) is 42.3 Å². The average molecular weight is 260 g/mol. The number of rotatable bonds is 4. The summed E-state index contributed by atoms with van der Waals surface area (Å²) in [5.41, 5.74) is 8.42. The number of hydrogen-bond acceptors (Lipinski definition) is 3. The highest BCUT2D eigenvalue weighted by Gasteiger charge is 2.08. The lowest BCUT2D eigenvalue weighted by Crippen LogP contribution is -2.17. The van der Waals surface area contributed by atoms with Crippen molar-refractivity contribution >= 4 is 11.4 Å². The first-order chi connectivity index (χ1) is 9.11. The lowest BCUT2D eigenvalue weighted by Gasteiger charge is -2.21. The molecular weight excluding hydrogens is 243 g/mol. The van der Waals surface area contributed by atoms with Crippen LogP contribution in [0.2, 0.25) is 0 Å². The van der Waals surface area contributed by atoms with Gasteiger partial charge in [-0.2, -0.15) is 0 Å². The molecule has 100 valence electrons. The van der Waals surface area contributed by atoms with Crippen molar-refractivity contribution in [2.24, 2.45) is 0 Å².